The lowest BCUT2D eigenvalue weighted by Crippen LogP contribution is -2.08. The molecule has 1 nitrogen and oxygen atoms in total. The van der Waals surface area contributed by atoms with Crippen molar-refractivity contribution in [2.45, 2.75) is 32.6 Å². The molecule has 1 aromatic rings. The van der Waals surface area contributed by atoms with Gasteiger partial charge in [0.2, 0.25) is 0 Å². The van der Waals surface area contributed by atoms with E-state index in [0.29, 0.717) is 23.4 Å². The van der Waals surface area contributed by atoms with E-state index >= 15 is 0 Å². The van der Waals surface area contributed by atoms with Gasteiger partial charge in [0.05, 0.1) is 11.6 Å². The molecule has 0 heterocycles. The van der Waals surface area contributed by atoms with Crippen LogP contribution in [0.5, 0.6) is 5.75 Å². The molecule has 0 aliphatic carbocycles. The van der Waals surface area contributed by atoms with E-state index in [-0.39, 0.29) is 0 Å². The topological polar surface area (TPSA) is 9.23 Å². The van der Waals surface area contributed by atoms with E-state index in [4.69, 9.17) is 27.9 Å². The molecule has 1 aromatic carbocycles. The molecule has 0 fully saturated rings. The predicted molar refractivity (Wildman–Crippen MR) is 70.6 cm³/mol. The summed E-state index contributed by atoms with van der Waals surface area (Å²) in [5.41, 5.74) is 1.01. The molecule has 0 bridgehead atoms. The van der Waals surface area contributed by atoms with Gasteiger partial charge in [-0.1, -0.05) is 37.9 Å². The number of benzene rings is 1. The summed E-state index contributed by atoms with van der Waals surface area (Å²) in [7, 11) is 0. The number of hydrogen-bond acceptors (Lipinski definition) is 1. The van der Waals surface area contributed by atoms with Crippen LogP contribution in [0.15, 0.2) is 18.2 Å². The molecule has 3 heteroatoms. The Bertz CT molecular complexity index is 326. The molecule has 0 aliphatic rings. The van der Waals surface area contributed by atoms with Crippen molar-refractivity contribution in [2.75, 3.05) is 6.61 Å². The van der Waals surface area contributed by atoms with Crippen LogP contribution >= 0.6 is 23.2 Å². The summed E-state index contributed by atoms with van der Waals surface area (Å²) >= 11 is 11.8. The van der Waals surface area contributed by atoms with Crippen molar-refractivity contribution in [3.05, 3.63) is 28.8 Å². The fourth-order valence-electron chi connectivity index (χ4n) is 1.55. The SMILES string of the molecule is CCCC(C)COc1ccc(CCl)cc1Cl. The summed E-state index contributed by atoms with van der Waals surface area (Å²) < 4.78 is 5.68. The van der Waals surface area contributed by atoms with Crippen molar-refractivity contribution in [3.63, 3.8) is 0 Å². The maximum atomic E-state index is 6.09. The number of halogens is 2. The van der Waals surface area contributed by atoms with Gasteiger partial charge < -0.3 is 4.74 Å². The maximum Gasteiger partial charge on any atom is 0.137 e. The van der Waals surface area contributed by atoms with Gasteiger partial charge in [-0.3, -0.25) is 0 Å². The Morgan fingerprint density at radius 1 is 1.38 bits per heavy atom. The zero-order valence-corrected chi connectivity index (χ0v) is 11.3. The number of alkyl halides is 1. The molecule has 90 valence electrons. The van der Waals surface area contributed by atoms with E-state index in [0.717, 1.165) is 11.3 Å². The predicted octanol–water partition coefficient (Wildman–Crippen LogP) is 4.89. The molecule has 0 saturated carbocycles. The summed E-state index contributed by atoms with van der Waals surface area (Å²) in [6, 6.07) is 5.69. The van der Waals surface area contributed by atoms with E-state index in [1.165, 1.54) is 12.8 Å². The van der Waals surface area contributed by atoms with E-state index in [1.807, 2.05) is 18.2 Å². The van der Waals surface area contributed by atoms with Crippen molar-refractivity contribution in [3.8, 4) is 5.75 Å². The highest BCUT2D eigenvalue weighted by Crippen LogP contribution is 2.26. The van der Waals surface area contributed by atoms with Gasteiger partial charge in [0.25, 0.3) is 0 Å². The molecule has 1 rings (SSSR count). The highest BCUT2D eigenvalue weighted by molar-refractivity contribution is 6.32. The van der Waals surface area contributed by atoms with Crippen LogP contribution in [-0.2, 0) is 5.88 Å². The highest BCUT2D eigenvalue weighted by Gasteiger charge is 2.05. The zero-order chi connectivity index (χ0) is 12.0. The molecular formula is C13H18Cl2O. The number of hydrogen-bond donors (Lipinski definition) is 0. The molecule has 0 saturated heterocycles. The fraction of sp³-hybridized carbons (Fsp3) is 0.538. The van der Waals surface area contributed by atoms with Gasteiger partial charge in [-0.05, 0) is 30.0 Å². The molecular weight excluding hydrogens is 243 g/mol. The van der Waals surface area contributed by atoms with E-state index in [2.05, 4.69) is 13.8 Å². The first-order valence-corrected chi connectivity index (χ1v) is 6.55. The van der Waals surface area contributed by atoms with Gasteiger partial charge in [0, 0.05) is 5.88 Å². The van der Waals surface area contributed by atoms with Crippen LogP contribution in [0.25, 0.3) is 0 Å². The minimum absolute atomic E-state index is 0.478. The lowest BCUT2D eigenvalue weighted by atomic mass is 10.1. The molecule has 0 aliphatic heterocycles. The molecule has 1 unspecified atom stereocenters. The van der Waals surface area contributed by atoms with Crippen molar-refractivity contribution < 1.29 is 4.74 Å². The van der Waals surface area contributed by atoms with Crippen molar-refractivity contribution in [1.82, 2.24) is 0 Å². The Morgan fingerprint density at radius 3 is 2.69 bits per heavy atom. The smallest absolute Gasteiger partial charge is 0.137 e. The lowest BCUT2D eigenvalue weighted by molar-refractivity contribution is 0.251. The van der Waals surface area contributed by atoms with Crippen LogP contribution in [-0.4, -0.2) is 6.61 Å². The molecule has 16 heavy (non-hydrogen) atoms. The first-order chi connectivity index (χ1) is 7.67. The van der Waals surface area contributed by atoms with Crippen LogP contribution in [0.2, 0.25) is 5.02 Å². The Labute approximate surface area is 108 Å². The van der Waals surface area contributed by atoms with Gasteiger partial charge in [0.1, 0.15) is 5.75 Å². The average Bonchev–Trinajstić information content (AvgIpc) is 2.27. The summed E-state index contributed by atoms with van der Waals surface area (Å²) in [5.74, 6) is 1.79. The summed E-state index contributed by atoms with van der Waals surface area (Å²) in [6.07, 6.45) is 2.36. The van der Waals surface area contributed by atoms with Crippen LogP contribution in [0.4, 0.5) is 0 Å². The second-order valence-electron chi connectivity index (χ2n) is 4.10. The molecule has 0 radical (unpaired) electrons. The quantitative estimate of drug-likeness (QED) is 0.662. The molecule has 1 atom stereocenters. The first kappa shape index (κ1) is 13.7. The lowest BCUT2D eigenvalue weighted by Gasteiger charge is -2.13. The Hall–Kier alpha value is -0.400. The first-order valence-electron chi connectivity index (χ1n) is 5.64. The van der Waals surface area contributed by atoms with Gasteiger partial charge >= 0.3 is 0 Å². The molecule has 0 amide bonds. The largest absolute Gasteiger partial charge is 0.492 e. The Morgan fingerprint density at radius 2 is 2.12 bits per heavy atom. The molecule has 0 spiro atoms. The van der Waals surface area contributed by atoms with Gasteiger partial charge in [0.15, 0.2) is 0 Å². The van der Waals surface area contributed by atoms with Crippen LogP contribution in [0.1, 0.15) is 32.3 Å². The number of rotatable bonds is 6. The van der Waals surface area contributed by atoms with E-state index in [1.54, 1.807) is 0 Å². The normalized spacial score (nSPS) is 12.5. The van der Waals surface area contributed by atoms with Gasteiger partial charge in [-0.15, -0.1) is 11.6 Å². The van der Waals surface area contributed by atoms with Crippen molar-refractivity contribution in [1.29, 1.82) is 0 Å². The zero-order valence-electron chi connectivity index (χ0n) is 9.80. The fourth-order valence-corrected chi connectivity index (χ4v) is 1.98. The summed E-state index contributed by atoms with van der Waals surface area (Å²) in [6.45, 7) is 5.08. The highest BCUT2D eigenvalue weighted by atomic mass is 35.5. The second-order valence-corrected chi connectivity index (χ2v) is 4.78. The Kier molecular flexibility index (Phi) is 6.00. The molecule has 0 aromatic heterocycles. The van der Waals surface area contributed by atoms with Gasteiger partial charge in [-0.2, -0.15) is 0 Å². The van der Waals surface area contributed by atoms with Crippen LogP contribution in [0.3, 0.4) is 0 Å². The summed E-state index contributed by atoms with van der Waals surface area (Å²) in [4.78, 5) is 0. The Balaban J connectivity index is 2.54. The standard InChI is InChI=1S/C13H18Cl2O/c1-3-4-10(2)9-16-13-6-5-11(8-14)7-12(13)15/h5-7,10H,3-4,8-9H2,1-2H3. The maximum absolute atomic E-state index is 6.09. The van der Waals surface area contributed by atoms with Crippen LogP contribution < -0.4 is 4.74 Å². The van der Waals surface area contributed by atoms with Crippen molar-refractivity contribution in [2.24, 2.45) is 5.92 Å². The number of ether oxygens (including phenoxy) is 1. The van der Waals surface area contributed by atoms with E-state index < -0.39 is 0 Å². The third kappa shape index (κ3) is 4.23. The second kappa shape index (κ2) is 7.03. The molecule has 0 N–H and O–H groups in total. The van der Waals surface area contributed by atoms with E-state index in [9.17, 15) is 0 Å². The van der Waals surface area contributed by atoms with Gasteiger partial charge in [-0.25, -0.2) is 0 Å². The average molecular weight is 261 g/mol. The summed E-state index contributed by atoms with van der Waals surface area (Å²) in [5, 5.41) is 0.641. The van der Waals surface area contributed by atoms with Crippen LogP contribution in [0, 0.1) is 5.92 Å². The monoisotopic (exact) mass is 260 g/mol. The minimum Gasteiger partial charge on any atom is -0.492 e. The minimum atomic E-state index is 0.478. The third-order valence-electron chi connectivity index (χ3n) is 2.46. The van der Waals surface area contributed by atoms with Crippen molar-refractivity contribution >= 4 is 23.2 Å². The third-order valence-corrected chi connectivity index (χ3v) is 3.06.